The fourth-order valence-electron chi connectivity index (χ4n) is 2.95. The summed E-state index contributed by atoms with van der Waals surface area (Å²) in [5.41, 5.74) is 6.38. The Bertz CT molecular complexity index is 964. The number of nitrogens with two attached hydrogens (primary N) is 1. The van der Waals surface area contributed by atoms with Crippen LogP contribution in [0.15, 0.2) is 36.4 Å². The zero-order chi connectivity index (χ0) is 21.5. The first-order chi connectivity index (χ1) is 14.4. The maximum atomic E-state index is 12.6. The number of rotatable bonds is 7. The third-order valence-corrected chi connectivity index (χ3v) is 4.61. The monoisotopic (exact) mass is 431 g/mol. The molecule has 0 unspecified atom stereocenters. The Balaban J connectivity index is 1.68. The Morgan fingerprint density at radius 1 is 1.10 bits per heavy atom. The Morgan fingerprint density at radius 2 is 1.87 bits per heavy atom. The summed E-state index contributed by atoms with van der Waals surface area (Å²) < 4.78 is 11.2. The molecular formula is C21H22ClN3O5. The van der Waals surface area contributed by atoms with Crippen LogP contribution in [0.1, 0.15) is 28.8 Å². The van der Waals surface area contributed by atoms with E-state index >= 15 is 0 Å². The molecular weight excluding hydrogens is 410 g/mol. The maximum absolute atomic E-state index is 12.6. The fourth-order valence-corrected chi connectivity index (χ4v) is 3.24. The van der Waals surface area contributed by atoms with Crippen molar-refractivity contribution in [3.05, 3.63) is 52.5 Å². The smallest absolute Gasteiger partial charge is 0.253 e. The highest BCUT2D eigenvalue weighted by Crippen LogP contribution is 2.38. The molecule has 158 valence electrons. The number of fused-ring (bicyclic) bond motifs is 1. The van der Waals surface area contributed by atoms with Gasteiger partial charge in [-0.2, -0.15) is 0 Å². The zero-order valence-electron chi connectivity index (χ0n) is 16.2. The van der Waals surface area contributed by atoms with E-state index in [9.17, 15) is 14.4 Å². The molecule has 4 N–H and O–H groups in total. The highest BCUT2D eigenvalue weighted by molar-refractivity contribution is 6.32. The van der Waals surface area contributed by atoms with E-state index in [1.807, 2.05) is 0 Å². The molecule has 3 amide bonds. The standard InChI is InChI=1S/C21H22ClN3O5/c22-15-10-13(11-17-20(15)30-9-3-8-29-17)12-19(27)25-16-5-2-1-4-14(16)21(28)24-7-6-18(23)26/h1-2,4-5,10-11H,3,6-9,12H2,(H2,23,26)(H,24,28)(H,25,27). The molecule has 0 bridgehead atoms. The van der Waals surface area contributed by atoms with Crippen LogP contribution < -0.4 is 25.8 Å². The lowest BCUT2D eigenvalue weighted by molar-refractivity contribution is -0.118. The van der Waals surface area contributed by atoms with E-state index in [0.717, 1.165) is 6.42 Å². The maximum Gasteiger partial charge on any atom is 0.253 e. The Hall–Kier alpha value is -3.26. The lowest BCUT2D eigenvalue weighted by atomic mass is 10.1. The number of benzene rings is 2. The average Bonchev–Trinajstić information content (AvgIpc) is 2.94. The van der Waals surface area contributed by atoms with Gasteiger partial charge in [-0.25, -0.2) is 0 Å². The average molecular weight is 432 g/mol. The molecule has 2 aromatic rings. The first-order valence-corrected chi connectivity index (χ1v) is 9.85. The predicted octanol–water partition coefficient (Wildman–Crippen LogP) is 2.29. The molecule has 0 spiro atoms. The van der Waals surface area contributed by atoms with E-state index in [4.69, 9.17) is 26.8 Å². The molecule has 1 heterocycles. The summed E-state index contributed by atoms with van der Waals surface area (Å²) in [5, 5.41) is 5.73. The van der Waals surface area contributed by atoms with Crippen LogP contribution in [0.3, 0.4) is 0 Å². The lowest BCUT2D eigenvalue weighted by Crippen LogP contribution is -2.29. The first kappa shape index (κ1) is 21.4. The first-order valence-electron chi connectivity index (χ1n) is 9.47. The van der Waals surface area contributed by atoms with Gasteiger partial charge in [-0.05, 0) is 29.8 Å². The highest BCUT2D eigenvalue weighted by atomic mass is 35.5. The van der Waals surface area contributed by atoms with E-state index in [0.29, 0.717) is 41.0 Å². The number of carbonyl (C=O) groups is 3. The molecule has 2 aromatic carbocycles. The van der Waals surface area contributed by atoms with Crippen LogP contribution in [0.2, 0.25) is 5.02 Å². The number of nitrogens with one attached hydrogen (secondary N) is 2. The second-order valence-electron chi connectivity index (χ2n) is 6.70. The largest absolute Gasteiger partial charge is 0.489 e. The van der Waals surface area contributed by atoms with E-state index in [1.54, 1.807) is 36.4 Å². The van der Waals surface area contributed by atoms with E-state index in [1.165, 1.54) is 0 Å². The third kappa shape index (κ3) is 5.64. The quantitative estimate of drug-likeness (QED) is 0.621. The van der Waals surface area contributed by atoms with Crippen molar-refractivity contribution < 1.29 is 23.9 Å². The summed E-state index contributed by atoms with van der Waals surface area (Å²) >= 11 is 6.28. The summed E-state index contributed by atoms with van der Waals surface area (Å²) in [5.74, 6) is -0.247. The number of hydrogen-bond donors (Lipinski definition) is 3. The Kier molecular flexibility index (Phi) is 7.13. The number of hydrogen-bond acceptors (Lipinski definition) is 5. The van der Waals surface area contributed by atoms with Crippen molar-refractivity contribution in [2.24, 2.45) is 5.73 Å². The molecule has 3 rings (SSSR count). The van der Waals surface area contributed by atoms with Gasteiger partial charge >= 0.3 is 0 Å². The SMILES string of the molecule is NC(=O)CCNC(=O)c1ccccc1NC(=O)Cc1cc(Cl)c2c(c1)OCCCO2. The molecule has 0 radical (unpaired) electrons. The van der Waals surface area contributed by atoms with Crippen molar-refractivity contribution in [2.75, 3.05) is 25.1 Å². The molecule has 1 aliphatic rings. The number of para-hydroxylation sites is 1. The lowest BCUT2D eigenvalue weighted by Gasteiger charge is -2.13. The minimum Gasteiger partial charge on any atom is -0.489 e. The van der Waals surface area contributed by atoms with Crippen molar-refractivity contribution in [3.63, 3.8) is 0 Å². The van der Waals surface area contributed by atoms with Gasteiger partial charge in [-0.3, -0.25) is 14.4 Å². The molecule has 8 nitrogen and oxygen atoms in total. The van der Waals surface area contributed by atoms with Crippen molar-refractivity contribution >= 4 is 35.0 Å². The third-order valence-electron chi connectivity index (χ3n) is 4.33. The summed E-state index contributed by atoms with van der Waals surface area (Å²) in [4.78, 5) is 35.8. The van der Waals surface area contributed by atoms with Crippen LogP contribution in [-0.2, 0) is 16.0 Å². The second kappa shape index (κ2) is 9.98. The minimum atomic E-state index is -0.509. The molecule has 9 heteroatoms. The van der Waals surface area contributed by atoms with Crippen LogP contribution in [0.4, 0.5) is 5.69 Å². The summed E-state index contributed by atoms with van der Waals surface area (Å²) in [6, 6.07) is 10.00. The molecule has 0 fully saturated rings. The van der Waals surface area contributed by atoms with Crippen LogP contribution in [0.5, 0.6) is 11.5 Å². The number of primary amides is 1. The number of ether oxygens (including phenoxy) is 2. The van der Waals surface area contributed by atoms with Crippen molar-refractivity contribution in [1.29, 1.82) is 0 Å². The second-order valence-corrected chi connectivity index (χ2v) is 7.11. The topological polar surface area (TPSA) is 120 Å². The van der Waals surface area contributed by atoms with Gasteiger partial charge in [0.25, 0.3) is 5.91 Å². The molecule has 0 saturated carbocycles. The van der Waals surface area contributed by atoms with Gasteiger partial charge in [0, 0.05) is 19.4 Å². The highest BCUT2D eigenvalue weighted by Gasteiger charge is 2.18. The van der Waals surface area contributed by atoms with Crippen LogP contribution in [-0.4, -0.2) is 37.5 Å². The number of carbonyl (C=O) groups excluding carboxylic acids is 3. The minimum absolute atomic E-state index is 0.0329. The number of amides is 3. The van der Waals surface area contributed by atoms with Crippen molar-refractivity contribution in [1.82, 2.24) is 5.32 Å². The van der Waals surface area contributed by atoms with E-state index in [-0.39, 0.29) is 30.9 Å². The van der Waals surface area contributed by atoms with E-state index in [2.05, 4.69) is 10.6 Å². The normalized spacial score (nSPS) is 12.6. The summed E-state index contributed by atoms with van der Waals surface area (Å²) in [6.07, 6.45) is 0.818. The predicted molar refractivity (Wildman–Crippen MR) is 112 cm³/mol. The fraction of sp³-hybridized carbons (Fsp3) is 0.286. The van der Waals surface area contributed by atoms with Crippen LogP contribution in [0, 0.1) is 0 Å². The molecule has 30 heavy (non-hydrogen) atoms. The number of halogens is 1. The molecule has 0 atom stereocenters. The van der Waals surface area contributed by atoms with Gasteiger partial charge in [0.1, 0.15) is 0 Å². The van der Waals surface area contributed by atoms with Gasteiger partial charge in [-0.15, -0.1) is 0 Å². The Morgan fingerprint density at radius 3 is 2.67 bits per heavy atom. The van der Waals surface area contributed by atoms with Crippen LogP contribution >= 0.6 is 11.6 Å². The molecule has 0 aliphatic carbocycles. The van der Waals surface area contributed by atoms with E-state index < -0.39 is 11.8 Å². The van der Waals surface area contributed by atoms with Gasteiger partial charge in [0.15, 0.2) is 11.5 Å². The van der Waals surface area contributed by atoms with Gasteiger partial charge in [0.05, 0.1) is 35.9 Å². The number of anilines is 1. The molecule has 0 saturated heterocycles. The molecule has 0 aromatic heterocycles. The molecule has 1 aliphatic heterocycles. The van der Waals surface area contributed by atoms with Crippen molar-refractivity contribution in [3.8, 4) is 11.5 Å². The zero-order valence-corrected chi connectivity index (χ0v) is 17.0. The van der Waals surface area contributed by atoms with Crippen LogP contribution in [0.25, 0.3) is 0 Å². The van der Waals surface area contributed by atoms with Gasteiger partial charge in [-0.1, -0.05) is 23.7 Å². The summed E-state index contributed by atoms with van der Waals surface area (Å²) in [6.45, 7) is 1.15. The van der Waals surface area contributed by atoms with Gasteiger partial charge < -0.3 is 25.8 Å². The van der Waals surface area contributed by atoms with Gasteiger partial charge in [0.2, 0.25) is 11.8 Å². The van der Waals surface area contributed by atoms with Crippen molar-refractivity contribution in [2.45, 2.75) is 19.3 Å². The Labute approximate surface area is 178 Å². The summed E-state index contributed by atoms with van der Waals surface area (Å²) in [7, 11) is 0.